The van der Waals surface area contributed by atoms with Crippen LogP contribution in [-0.4, -0.2) is 18.5 Å². The van der Waals surface area contributed by atoms with E-state index >= 15 is 0 Å². The zero-order chi connectivity index (χ0) is 11.5. The molecule has 1 fully saturated rings. The predicted octanol–water partition coefficient (Wildman–Crippen LogP) is 1.61. The lowest BCUT2D eigenvalue weighted by Crippen LogP contribution is -2.41. The molecule has 1 aromatic rings. The summed E-state index contributed by atoms with van der Waals surface area (Å²) in [6.45, 7) is 0.638. The lowest BCUT2D eigenvalue weighted by Gasteiger charge is -2.24. The van der Waals surface area contributed by atoms with Gasteiger partial charge in [-0.3, -0.25) is 4.79 Å². The van der Waals surface area contributed by atoms with Gasteiger partial charge in [-0.15, -0.1) is 0 Å². The second-order valence-electron chi connectivity index (χ2n) is 3.92. The smallest absolute Gasteiger partial charge is 0.220 e. The van der Waals surface area contributed by atoms with Crippen molar-refractivity contribution in [2.75, 3.05) is 17.6 Å². The largest absolute Gasteiger partial charge is 0.399 e. The number of carbonyl (C=O) groups excluding carboxylic acids is 1. The molecule has 0 radical (unpaired) electrons. The summed E-state index contributed by atoms with van der Waals surface area (Å²) in [6, 6.07) is 5.61. The van der Waals surface area contributed by atoms with Crippen LogP contribution in [-0.2, 0) is 4.79 Å². The zero-order valence-electron chi connectivity index (χ0n) is 8.79. The molecule has 1 heterocycles. The van der Waals surface area contributed by atoms with Crippen LogP contribution < -0.4 is 16.4 Å². The van der Waals surface area contributed by atoms with E-state index in [4.69, 9.17) is 17.3 Å². The predicted molar refractivity (Wildman–Crippen MR) is 65.5 cm³/mol. The Labute approximate surface area is 99.2 Å². The molecular formula is C11H14ClN3O. The first-order valence-corrected chi connectivity index (χ1v) is 5.61. The van der Waals surface area contributed by atoms with Crippen LogP contribution in [0, 0.1) is 0 Å². The average molecular weight is 240 g/mol. The minimum Gasteiger partial charge on any atom is -0.399 e. The molecule has 1 unspecified atom stereocenters. The van der Waals surface area contributed by atoms with Crippen LogP contribution in [0.4, 0.5) is 11.4 Å². The van der Waals surface area contributed by atoms with E-state index in [1.54, 1.807) is 12.1 Å². The van der Waals surface area contributed by atoms with Crippen molar-refractivity contribution < 1.29 is 4.79 Å². The van der Waals surface area contributed by atoms with E-state index in [2.05, 4.69) is 10.6 Å². The Morgan fingerprint density at radius 3 is 2.94 bits per heavy atom. The third-order valence-electron chi connectivity index (χ3n) is 2.62. The summed E-state index contributed by atoms with van der Waals surface area (Å²) in [4.78, 5) is 11.0. The molecule has 1 saturated heterocycles. The van der Waals surface area contributed by atoms with Gasteiger partial charge in [0.15, 0.2) is 0 Å². The first-order valence-electron chi connectivity index (χ1n) is 5.23. The fourth-order valence-electron chi connectivity index (χ4n) is 1.72. The van der Waals surface area contributed by atoms with Gasteiger partial charge in [0.25, 0.3) is 0 Å². The van der Waals surface area contributed by atoms with Gasteiger partial charge in [-0.1, -0.05) is 11.6 Å². The van der Waals surface area contributed by atoms with Crippen LogP contribution in [0.15, 0.2) is 18.2 Å². The number of nitrogens with one attached hydrogen (secondary N) is 2. The monoisotopic (exact) mass is 239 g/mol. The summed E-state index contributed by atoms with van der Waals surface area (Å²) in [5.41, 5.74) is 7.11. The Bertz CT molecular complexity index is 398. The van der Waals surface area contributed by atoms with E-state index < -0.39 is 0 Å². The van der Waals surface area contributed by atoms with Crippen LogP contribution >= 0.6 is 11.6 Å². The second-order valence-corrected chi connectivity index (χ2v) is 4.33. The fraction of sp³-hybridized carbons (Fsp3) is 0.364. The number of hydrogen-bond donors (Lipinski definition) is 3. The second kappa shape index (κ2) is 4.61. The van der Waals surface area contributed by atoms with Crippen molar-refractivity contribution >= 4 is 28.9 Å². The molecule has 16 heavy (non-hydrogen) atoms. The number of nitrogens with two attached hydrogens (primary N) is 1. The maximum absolute atomic E-state index is 11.0. The number of benzene rings is 1. The minimum absolute atomic E-state index is 0.112. The van der Waals surface area contributed by atoms with Crippen LogP contribution in [0.5, 0.6) is 0 Å². The summed E-state index contributed by atoms with van der Waals surface area (Å²) in [5.74, 6) is 0.112. The zero-order valence-corrected chi connectivity index (χ0v) is 9.55. The lowest BCUT2D eigenvalue weighted by molar-refractivity contribution is -0.122. The van der Waals surface area contributed by atoms with Gasteiger partial charge in [0.1, 0.15) is 0 Å². The van der Waals surface area contributed by atoms with Gasteiger partial charge in [-0.2, -0.15) is 0 Å². The van der Waals surface area contributed by atoms with Gasteiger partial charge < -0.3 is 16.4 Å². The quantitative estimate of drug-likeness (QED) is 0.687. The molecule has 4 nitrogen and oxygen atoms in total. The van der Waals surface area contributed by atoms with E-state index in [0.29, 0.717) is 23.7 Å². The van der Waals surface area contributed by atoms with Gasteiger partial charge in [-0.05, 0) is 24.6 Å². The molecule has 1 aliphatic rings. The van der Waals surface area contributed by atoms with Crippen LogP contribution in [0.3, 0.4) is 0 Å². The lowest BCUT2D eigenvalue weighted by atomic mass is 10.1. The average Bonchev–Trinajstić information content (AvgIpc) is 2.25. The Hall–Kier alpha value is -1.42. The van der Waals surface area contributed by atoms with E-state index in [1.165, 1.54) is 0 Å². The van der Waals surface area contributed by atoms with Crippen molar-refractivity contribution in [3.05, 3.63) is 23.2 Å². The Morgan fingerprint density at radius 1 is 1.50 bits per heavy atom. The maximum Gasteiger partial charge on any atom is 0.220 e. The van der Waals surface area contributed by atoms with Gasteiger partial charge >= 0.3 is 0 Å². The molecule has 0 spiro atoms. The molecule has 5 heteroatoms. The molecule has 86 valence electrons. The van der Waals surface area contributed by atoms with Crippen LogP contribution in [0.2, 0.25) is 5.02 Å². The Morgan fingerprint density at radius 2 is 2.31 bits per heavy atom. The summed E-state index contributed by atoms with van der Waals surface area (Å²) < 4.78 is 0. The number of hydrogen-bond acceptors (Lipinski definition) is 3. The van der Waals surface area contributed by atoms with E-state index in [0.717, 1.165) is 12.1 Å². The summed E-state index contributed by atoms with van der Waals surface area (Å²) in [5, 5.41) is 6.72. The number of piperidine rings is 1. The normalized spacial score (nSPS) is 20.3. The third-order valence-corrected chi connectivity index (χ3v) is 2.93. The number of anilines is 2. The topological polar surface area (TPSA) is 67.1 Å². The Kier molecular flexibility index (Phi) is 3.19. The molecule has 0 saturated carbocycles. The highest BCUT2D eigenvalue weighted by Gasteiger charge is 2.18. The van der Waals surface area contributed by atoms with Crippen molar-refractivity contribution in [2.24, 2.45) is 0 Å². The fourth-order valence-corrected chi connectivity index (χ4v) is 1.97. The minimum atomic E-state index is 0.112. The number of rotatable bonds is 2. The SMILES string of the molecule is Nc1ccc(NC2CCC(=O)NC2)c(Cl)c1. The molecule has 0 aliphatic carbocycles. The Balaban J connectivity index is 2.01. The number of nitrogen functional groups attached to an aromatic ring is 1. The van der Waals surface area contributed by atoms with E-state index in [9.17, 15) is 4.79 Å². The van der Waals surface area contributed by atoms with Gasteiger partial charge in [-0.25, -0.2) is 0 Å². The first kappa shape index (κ1) is 11.1. The molecule has 4 N–H and O–H groups in total. The molecular weight excluding hydrogens is 226 g/mol. The summed E-state index contributed by atoms with van der Waals surface area (Å²) >= 11 is 6.05. The van der Waals surface area contributed by atoms with Crippen LogP contribution in [0.25, 0.3) is 0 Å². The first-order chi connectivity index (χ1) is 7.65. The van der Waals surface area contributed by atoms with Crippen molar-refractivity contribution in [3.63, 3.8) is 0 Å². The summed E-state index contributed by atoms with van der Waals surface area (Å²) in [7, 11) is 0. The third kappa shape index (κ3) is 2.58. The van der Waals surface area contributed by atoms with Crippen molar-refractivity contribution in [1.29, 1.82) is 0 Å². The molecule has 1 amide bonds. The molecule has 2 rings (SSSR count). The molecule has 1 atom stereocenters. The molecule has 0 bridgehead atoms. The van der Waals surface area contributed by atoms with Gasteiger partial charge in [0.05, 0.1) is 10.7 Å². The number of amides is 1. The highest BCUT2D eigenvalue weighted by molar-refractivity contribution is 6.33. The van der Waals surface area contributed by atoms with E-state index in [-0.39, 0.29) is 11.9 Å². The van der Waals surface area contributed by atoms with Crippen LogP contribution in [0.1, 0.15) is 12.8 Å². The van der Waals surface area contributed by atoms with Gasteiger partial charge in [0, 0.05) is 24.7 Å². The van der Waals surface area contributed by atoms with Crippen molar-refractivity contribution in [1.82, 2.24) is 5.32 Å². The summed E-state index contributed by atoms with van der Waals surface area (Å²) in [6.07, 6.45) is 1.39. The van der Waals surface area contributed by atoms with E-state index in [1.807, 2.05) is 6.07 Å². The number of carbonyl (C=O) groups is 1. The standard InChI is InChI=1S/C11H14ClN3O/c12-9-5-7(13)1-3-10(9)15-8-2-4-11(16)14-6-8/h1,3,5,8,15H,2,4,6,13H2,(H,14,16). The van der Waals surface area contributed by atoms with Crippen molar-refractivity contribution in [2.45, 2.75) is 18.9 Å². The molecule has 0 aromatic heterocycles. The van der Waals surface area contributed by atoms with Crippen molar-refractivity contribution in [3.8, 4) is 0 Å². The molecule has 1 aromatic carbocycles. The highest BCUT2D eigenvalue weighted by Crippen LogP contribution is 2.25. The number of halogens is 1. The highest BCUT2D eigenvalue weighted by atomic mass is 35.5. The van der Waals surface area contributed by atoms with Gasteiger partial charge in [0.2, 0.25) is 5.91 Å². The molecule has 1 aliphatic heterocycles. The maximum atomic E-state index is 11.0.